The van der Waals surface area contributed by atoms with Crippen molar-refractivity contribution < 1.29 is 23.0 Å². The third-order valence-electron chi connectivity index (χ3n) is 3.19. The standard InChI is InChI=1S/C14H19F3O2/c1-3-11(4-2)13(18)9-10-5-7-12(8-6-10)19-14(15,16)17/h5-8,11,13,18H,3-4,9H2,1-2H3. The lowest BCUT2D eigenvalue weighted by Crippen LogP contribution is -2.21. The van der Waals surface area contributed by atoms with Gasteiger partial charge >= 0.3 is 6.36 Å². The summed E-state index contributed by atoms with van der Waals surface area (Å²) in [6, 6.07) is 5.63. The number of benzene rings is 1. The smallest absolute Gasteiger partial charge is 0.406 e. The average Bonchev–Trinajstić information content (AvgIpc) is 2.31. The zero-order valence-corrected chi connectivity index (χ0v) is 11.1. The Bertz CT molecular complexity index is 369. The molecular formula is C14H19F3O2. The molecule has 0 fully saturated rings. The monoisotopic (exact) mass is 276 g/mol. The second-order valence-corrected chi connectivity index (χ2v) is 4.54. The summed E-state index contributed by atoms with van der Waals surface area (Å²) < 4.78 is 39.8. The van der Waals surface area contributed by atoms with Crippen LogP contribution in [0.15, 0.2) is 24.3 Å². The molecule has 0 radical (unpaired) electrons. The highest BCUT2D eigenvalue weighted by Gasteiger charge is 2.31. The number of halogens is 3. The van der Waals surface area contributed by atoms with E-state index >= 15 is 0 Å². The van der Waals surface area contributed by atoms with Gasteiger partial charge in [0.25, 0.3) is 0 Å². The van der Waals surface area contributed by atoms with Crippen LogP contribution < -0.4 is 4.74 Å². The molecule has 0 aromatic heterocycles. The van der Waals surface area contributed by atoms with Gasteiger partial charge in [-0.05, 0) is 30.0 Å². The van der Waals surface area contributed by atoms with Crippen molar-refractivity contribution in [1.29, 1.82) is 0 Å². The van der Waals surface area contributed by atoms with Gasteiger partial charge in [-0.3, -0.25) is 0 Å². The predicted molar refractivity (Wildman–Crippen MR) is 66.9 cm³/mol. The average molecular weight is 276 g/mol. The van der Waals surface area contributed by atoms with Crippen LogP contribution in [-0.2, 0) is 6.42 Å². The Balaban J connectivity index is 2.62. The molecule has 0 amide bonds. The molecule has 0 aliphatic heterocycles. The van der Waals surface area contributed by atoms with E-state index in [1.165, 1.54) is 12.1 Å². The molecular weight excluding hydrogens is 257 g/mol. The zero-order valence-electron chi connectivity index (χ0n) is 11.1. The Morgan fingerprint density at radius 3 is 2.05 bits per heavy atom. The van der Waals surface area contributed by atoms with Crippen LogP contribution in [0.3, 0.4) is 0 Å². The van der Waals surface area contributed by atoms with Crippen molar-refractivity contribution in [1.82, 2.24) is 0 Å². The third kappa shape index (κ3) is 5.51. The molecule has 108 valence electrons. The van der Waals surface area contributed by atoms with E-state index in [9.17, 15) is 18.3 Å². The predicted octanol–water partition coefficient (Wildman–Crippen LogP) is 3.92. The molecule has 1 atom stereocenters. The van der Waals surface area contributed by atoms with Gasteiger partial charge in [0.2, 0.25) is 0 Å². The van der Waals surface area contributed by atoms with Gasteiger partial charge in [0.05, 0.1) is 6.10 Å². The molecule has 1 unspecified atom stereocenters. The molecule has 0 bridgehead atoms. The summed E-state index contributed by atoms with van der Waals surface area (Å²) in [6.07, 6.45) is -2.93. The van der Waals surface area contributed by atoms with E-state index in [2.05, 4.69) is 4.74 Å². The summed E-state index contributed by atoms with van der Waals surface area (Å²) in [5.74, 6) is -0.0284. The molecule has 0 aliphatic carbocycles. The van der Waals surface area contributed by atoms with Crippen molar-refractivity contribution in [3.63, 3.8) is 0 Å². The summed E-state index contributed by atoms with van der Waals surface area (Å²) in [5, 5.41) is 10.0. The van der Waals surface area contributed by atoms with Crippen molar-refractivity contribution in [2.75, 3.05) is 0 Å². The molecule has 0 saturated heterocycles. The maximum atomic E-state index is 12.0. The summed E-state index contributed by atoms with van der Waals surface area (Å²) in [7, 11) is 0. The minimum Gasteiger partial charge on any atom is -0.406 e. The van der Waals surface area contributed by atoms with Gasteiger partial charge in [0.1, 0.15) is 5.75 Å². The molecule has 5 heteroatoms. The second-order valence-electron chi connectivity index (χ2n) is 4.54. The largest absolute Gasteiger partial charge is 0.573 e. The highest BCUT2D eigenvalue weighted by molar-refractivity contribution is 5.27. The minimum absolute atomic E-state index is 0.214. The number of aliphatic hydroxyl groups is 1. The van der Waals surface area contributed by atoms with E-state index in [-0.39, 0.29) is 11.7 Å². The van der Waals surface area contributed by atoms with Gasteiger partial charge in [0, 0.05) is 0 Å². The third-order valence-corrected chi connectivity index (χ3v) is 3.19. The van der Waals surface area contributed by atoms with E-state index in [4.69, 9.17) is 0 Å². The van der Waals surface area contributed by atoms with E-state index in [1.807, 2.05) is 13.8 Å². The van der Waals surface area contributed by atoms with E-state index in [0.29, 0.717) is 6.42 Å². The zero-order chi connectivity index (χ0) is 14.5. The van der Waals surface area contributed by atoms with Crippen LogP contribution in [0.4, 0.5) is 13.2 Å². The van der Waals surface area contributed by atoms with Gasteiger partial charge in [-0.2, -0.15) is 0 Å². The van der Waals surface area contributed by atoms with E-state index in [0.717, 1.165) is 18.4 Å². The van der Waals surface area contributed by atoms with Gasteiger partial charge in [-0.25, -0.2) is 0 Å². The molecule has 1 N–H and O–H groups in total. The van der Waals surface area contributed by atoms with E-state index < -0.39 is 12.5 Å². The van der Waals surface area contributed by atoms with Crippen LogP contribution in [0.25, 0.3) is 0 Å². The van der Waals surface area contributed by atoms with Crippen molar-refractivity contribution >= 4 is 0 Å². The Morgan fingerprint density at radius 1 is 1.11 bits per heavy atom. The second kappa shape index (κ2) is 6.80. The molecule has 1 rings (SSSR count). The van der Waals surface area contributed by atoms with Crippen LogP contribution in [0.5, 0.6) is 5.75 Å². The van der Waals surface area contributed by atoms with Crippen molar-refractivity contribution in [3.8, 4) is 5.75 Å². The fourth-order valence-electron chi connectivity index (χ4n) is 2.07. The van der Waals surface area contributed by atoms with Crippen molar-refractivity contribution in [2.24, 2.45) is 5.92 Å². The Hall–Kier alpha value is -1.23. The maximum absolute atomic E-state index is 12.0. The molecule has 0 saturated carbocycles. The summed E-state index contributed by atoms with van der Waals surface area (Å²) >= 11 is 0. The quantitative estimate of drug-likeness (QED) is 0.853. The number of hydrogen-bond donors (Lipinski definition) is 1. The molecule has 2 nitrogen and oxygen atoms in total. The van der Waals surface area contributed by atoms with Crippen molar-refractivity contribution in [2.45, 2.75) is 45.6 Å². The minimum atomic E-state index is -4.67. The fourth-order valence-corrected chi connectivity index (χ4v) is 2.07. The summed E-state index contributed by atoms with van der Waals surface area (Å²) in [6.45, 7) is 4.02. The van der Waals surface area contributed by atoms with Gasteiger partial charge in [0.15, 0.2) is 0 Å². The Kier molecular flexibility index (Phi) is 5.66. The van der Waals surface area contributed by atoms with Gasteiger partial charge < -0.3 is 9.84 Å². The fraction of sp³-hybridized carbons (Fsp3) is 0.571. The number of alkyl halides is 3. The van der Waals surface area contributed by atoms with E-state index in [1.54, 1.807) is 12.1 Å². The lowest BCUT2D eigenvalue weighted by molar-refractivity contribution is -0.274. The molecule has 1 aromatic rings. The first-order valence-corrected chi connectivity index (χ1v) is 6.38. The highest BCUT2D eigenvalue weighted by atomic mass is 19.4. The van der Waals surface area contributed by atoms with Crippen LogP contribution in [0, 0.1) is 5.92 Å². The first-order valence-electron chi connectivity index (χ1n) is 6.38. The molecule has 0 heterocycles. The maximum Gasteiger partial charge on any atom is 0.573 e. The lowest BCUT2D eigenvalue weighted by Gasteiger charge is -2.20. The SMILES string of the molecule is CCC(CC)C(O)Cc1ccc(OC(F)(F)F)cc1. The first kappa shape index (κ1) is 15.8. The summed E-state index contributed by atoms with van der Waals surface area (Å²) in [4.78, 5) is 0. The Labute approximate surface area is 111 Å². The first-order chi connectivity index (χ1) is 8.85. The molecule has 1 aromatic carbocycles. The van der Waals surface area contributed by atoms with Gasteiger partial charge in [-0.1, -0.05) is 38.8 Å². The Morgan fingerprint density at radius 2 is 1.63 bits per heavy atom. The lowest BCUT2D eigenvalue weighted by atomic mass is 9.92. The number of ether oxygens (including phenoxy) is 1. The van der Waals surface area contributed by atoms with Crippen LogP contribution in [0.1, 0.15) is 32.3 Å². The topological polar surface area (TPSA) is 29.5 Å². The molecule has 19 heavy (non-hydrogen) atoms. The van der Waals surface area contributed by atoms with Crippen LogP contribution in [-0.4, -0.2) is 17.6 Å². The van der Waals surface area contributed by atoms with Crippen LogP contribution >= 0.6 is 0 Å². The van der Waals surface area contributed by atoms with Crippen molar-refractivity contribution in [3.05, 3.63) is 29.8 Å². The summed E-state index contributed by atoms with van der Waals surface area (Å²) in [5.41, 5.74) is 0.800. The molecule has 0 spiro atoms. The highest BCUT2D eigenvalue weighted by Crippen LogP contribution is 2.24. The van der Waals surface area contributed by atoms with Crippen LogP contribution in [0.2, 0.25) is 0 Å². The van der Waals surface area contributed by atoms with Gasteiger partial charge in [-0.15, -0.1) is 13.2 Å². The normalized spacial score (nSPS) is 13.6. The number of aliphatic hydroxyl groups excluding tert-OH is 1. The molecule has 0 aliphatic rings. The number of rotatable bonds is 6. The number of hydrogen-bond acceptors (Lipinski definition) is 2.